The monoisotopic (exact) mass is 209 g/mol. The smallest absolute Gasteiger partial charge is 0.135 e. The summed E-state index contributed by atoms with van der Waals surface area (Å²) >= 11 is 5.86. The normalized spacial score (nSPS) is 11.0. The van der Waals surface area contributed by atoms with Crippen molar-refractivity contribution in [1.82, 2.24) is 5.32 Å². The Labute approximate surface area is 87.9 Å². The van der Waals surface area contributed by atoms with Crippen LogP contribution in [0.4, 0.5) is 0 Å². The zero-order chi connectivity index (χ0) is 9.97. The van der Waals surface area contributed by atoms with Gasteiger partial charge in [0, 0.05) is 22.5 Å². The van der Waals surface area contributed by atoms with Gasteiger partial charge >= 0.3 is 0 Å². The van der Waals surface area contributed by atoms with Gasteiger partial charge in [-0.05, 0) is 24.7 Å². The van der Waals surface area contributed by atoms with E-state index in [4.69, 9.17) is 16.0 Å². The zero-order valence-electron chi connectivity index (χ0n) is 8.01. The molecule has 0 aliphatic rings. The predicted molar refractivity (Wildman–Crippen MR) is 58.6 cm³/mol. The fourth-order valence-electron chi connectivity index (χ4n) is 1.45. The van der Waals surface area contributed by atoms with Gasteiger partial charge in [0.1, 0.15) is 5.58 Å². The summed E-state index contributed by atoms with van der Waals surface area (Å²) in [5.74, 6) is 0. The van der Waals surface area contributed by atoms with Crippen LogP contribution in [0.1, 0.15) is 12.5 Å². The molecule has 0 atom stereocenters. The average Bonchev–Trinajstić information content (AvgIpc) is 2.57. The molecule has 0 aliphatic carbocycles. The molecule has 0 saturated carbocycles. The van der Waals surface area contributed by atoms with Crippen molar-refractivity contribution in [3.63, 3.8) is 0 Å². The first-order valence-electron chi connectivity index (χ1n) is 4.67. The van der Waals surface area contributed by atoms with Gasteiger partial charge in [-0.3, -0.25) is 0 Å². The van der Waals surface area contributed by atoms with Gasteiger partial charge in [0.25, 0.3) is 0 Å². The van der Waals surface area contributed by atoms with Crippen molar-refractivity contribution in [1.29, 1.82) is 0 Å². The molecule has 74 valence electrons. The van der Waals surface area contributed by atoms with E-state index in [2.05, 4.69) is 12.2 Å². The summed E-state index contributed by atoms with van der Waals surface area (Å²) in [4.78, 5) is 0. The molecule has 0 unspecified atom stereocenters. The molecular formula is C11H12ClNO. The lowest BCUT2D eigenvalue weighted by Crippen LogP contribution is -2.11. The van der Waals surface area contributed by atoms with Crippen molar-refractivity contribution in [3.05, 3.63) is 35.0 Å². The van der Waals surface area contributed by atoms with Crippen LogP contribution in [-0.2, 0) is 6.54 Å². The lowest BCUT2D eigenvalue weighted by atomic mass is 10.2. The van der Waals surface area contributed by atoms with Crippen LogP contribution in [0.15, 0.2) is 28.9 Å². The van der Waals surface area contributed by atoms with Crippen molar-refractivity contribution in [2.24, 2.45) is 0 Å². The molecule has 2 nitrogen and oxygen atoms in total. The van der Waals surface area contributed by atoms with Crippen molar-refractivity contribution in [2.45, 2.75) is 13.5 Å². The maximum Gasteiger partial charge on any atom is 0.135 e. The summed E-state index contributed by atoms with van der Waals surface area (Å²) in [5.41, 5.74) is 2.03. The summed E-state index contributed by atoms with van der Waals surface area (Å²) in [7, 11) is 0. The second-order valence-electron chi connectivity index (χ2n) is 3.18. The fraction of sp³-hybridized carbons (Fsp3) is 0.273. The highest BCUT2D eigenvalue weighted by Gasteiger charge is 2.04. The third-order valence-electron chi connectivity index (χ3n) is 2.18. The number of nitrogens with one attached hydrogen (secondary N) is 1. The lowest BCUT2D eigenvalue weighted by Gasteiger charge is -1.98. The van der Waals surface area contributed by atoms with E-state index in [9.17, 15) is 0 Å². The van der Waals surface area contributed by atoms with Crippen molar-refractivity contribution in [2.75, 3.05) is 6.54 Å². The molecule has 0 spiro atoms. The molecule has 0 radical (unpaired) electrons. The topological polar surface area (TPSA) is 25.2 Å². The number of furan rings is 1. The maximum absolute atomic E-state index is 5.86. The maximum atomic E-state index is 5.86. The molecule has 3 heteroatoms. The van der Waals surface area contributed by atoms with Crippen molar-refractivity contribution >= 4 is 22.6 Å². The Hall–Kier alpha value is -0.990. The van der Waals surface area contributed by atoms with E-state index in [0.29, 0.717) is 5.02 Å². The van der Waals surface area contributed by atoms with Crippen molar-refractivity contribution < 1.29 is 4.42 Å². The quantitative estimate of drug-likeness (QED) is 0.840. The van der Waals surface area contributed by atoms with Gasteiger partial charge < -0.3 is 9.73 Å². The molecule has 0 bridgehead atoms. The van der Waals surface area contributed by atoms with E-state index in [1.807, 2.05) is 18.2 Å². The molecule has 0 aliphatic heterocycles. The van der Waals surface area contributed by atoms with Gasteiger partial charge in [0.15, 0.2) is 0 Å². The predicted octanol–water partition coefficient (Wildman–Crippen LogP) is 3.20. The Morgan fingerprint density at radius 3 is 3.07 bits per heavy atom. The molecule has 0 fully saturated rings. The largest absolute Gasteiger partial charge is 0.464 e. The zero-order valence-corrected chi connectivity index (χ0v) is 8.77. The number of fused-ring (bicyclic) bond motifs is 1. The lowest BCUT2D eigenvalue weighted by molar-refractivity contribution is 0.604. The van der Waals surface area contributed by atoms with Crippen LogP contribution in [0.5, 0.6) is 0 Å². The summed E-state index contributed by atoms with van der Waals surface area (Å²) < 4.78 is 5.40. The first kappa shape index (κ1) is 9.56. The molecular weight excluding hydrogens is 198 g/mol. The van der Waals surface area contributed by atoms with E-state index < -0.39 is 0 Å². The second-order valence-corrected chi connectivity index (χ2v) is 3.62. The summed E-state index contributed by atoms with van der Waals surface area (Å²) in [6.07, 6.45) is 1.78. The summed E-state index contributed by atoms with van der Waals surface area (Å²) in [5, 5.41) is 5.11. The highest BCUT2D eigenvalue weighted by atomic mass is 35.5. The Balaban J connectivity index is 2.37. The van der Waals surface area contributed by atoms with Gasteiger partial charge in [0.2, 0.25) is 0 Å². The second kappa shape index (κ2) is 4.03. The van der Waals surface area contributed by atoms with Crippen LogP contribution in [0, 0.1) is 0 Å². The molecule has 2 aromatic rings. The third kappa shape index (κ3) is 1.76. The molecule has 1 aromatic heterocycles. The molecule has 2 rings (SSSR count). The molecule has 0 amide bonds. The van der Waals surface area contributed by atoms with E-state index >= 15 is 0 Å². The third-order valence-corrected chi connectivity index (χ3v) is 2.42. The minimum absolute atomic E-state index is 0.710. The Bertz CT molecular complexity index is 436. The van der Waals surface area contributed by atoms with E-state index in [1.165, 1.54) is 5.56 Å². The van der Waals surface area contributed by atoms with Gasteiger partial charge in [-0.25, -0.2) is 0 Å². The highest BCUT2D eigenvalue weighted by molar-refractivity contribution is 6.31. The standard InChI is InChI=1S/C11H12ClNO/c1-2-13-6-8-7-14-11-5-9(12)3-4-10(8)11/h3-5,7,13H,2,6H2,1H3. The van der Waals surface area contributed by atoms with Crippen LogP contribution in [0.25, 0.3) is 11.0 Å². The number of rotatable bonds is 3. The Morgan fingerprint density at radius 2 is 2.29 bits per heavy atom. The summed E-state index contributed by atoms with van der Waals surface area (Å²) in [6, 6.07) is 5.72. The van der Waals surface area contributed by atoms with Gasteiger partial charge in [0.05, 0.1) is 6.26 Å². The molecule has 1 N–H and O–H groups in total. The highest BCUT2D eigenvalue weighted by Crippen LogP contribution is 2.24. The number of halogens is 1. The molecule has 1 aromatic carbocycles. The van der Waals surface area contributed by atoms with Gasteiger partial charge in [-0.15, -0.1) is 0 Å². The molecule has 1 heterocycles. The van der Waals surface area contributed by atoms with Crippen molar-refractivity contribution in [3.8, 4) is 0 Å². The number of hydrogen-bond acceptors (Lipinski definition) is 2. The van der Waals surface area contributed by atoms with Gasteiger partial charge in [-0.2, -0.15) is 0 Å². The van der Waals surface area contributed by atoms with Crippen LogP contribution < -0.4 is 5.32 Å². The van der Waals surface area contributed by atoms with Crippen LogP contribution in [0.2, 0.25) is 5.02 Å². The van der Waals surface area contributed by atoms with E-state index in [-0.39, 0.29) is 0 Å². The molecule has 14 heavy (non-hydrogen) atoms. The van der Waals surface area contributed by atoms with E-state index in [1.54, 1.807) is 6.26 Å². The van der Waals surface area contributed by atoms with Crippen LogP contribution in [-0.4, -0.2) is 6.54 Å². The average molecular weight is 210 g/mol. The van der Waals surface area contributed by atoms with Crippen LogP contribution in [0.3, 0.4) is 0 Å². The minimum atomic E-state index is 0.710. The minimum Gasteiger partial charge on any atom is -0.464 e. The Kier molecular flexibility index (Phi) is 2.75. The van der Waals surface area contributed by atoms with Gasteiger partial charge in [-0.1, -0.05) is 18.5 Å². The van der Waals surface area contributed by atoms with Crippen LogP contribution >= 0.6 is 11.6 Å². The first-order chi connectivity index (χ1) is 6.81. The fourth-order valence-corrected chi connectivity index (χ4v) is 1.62. The SMILES string of the molecule is CCNCc1coc2cc(Cl)ccc12. The van der Waals surface area contributed by atoms with E-state index in [0.717, 1.165) is 24.1 Å². The first-order valence-corrected chi connectivity index (χ1v) is 5.05. The molecule has 0 saturated heterocycles. The summed E-state index contributed by atoms with van der Waals surface area (Å²) in [6.45, 7) is 3.88. The Morgan fingerprint density at radius 1 is 1.43 bits per heavy atom. The number of hydrogen-bond donors (Lipinski definition) is 1. The number of benzene rings is 1.